The first-order valence-corrected chi connectivity index (χ1v) is 7.80. The van der Waals surface area contributed by atoms with E-state index in [9.17, 15) is 5.11 Å². The lowest BCUT2D eigenvalue weighted by Gasteiger charge is -2.06. The number of aliphatic hydroxyl groups is 1. The lowest BCUT2D eigenvalue weighted by Crippen LogP contribution is -2.16. The molecule has 6 heteroatoms. The van der Waals surface area contributed by atoms with Crippen molar-refractivity contribution in [2.24, 2.45) is 0 Å². The van der Waals surface area contributed by atoms with Gasteiger partial charge >= 0.3 is 6.01 Å². The van der Waals surface area contributed by atoms with E-state index in [0.29, 0.717) is 5.69 Å². The summed E-state index contributed by atoms with van der Waals surface area (Å²) in [5, 5.41) is 19.4. The molecule has 5 nitrogen and oxygen atoms in total. The highest BCUT2D eigenvalue weighted by Crippen LogP contribution is 2.16. The Morgan fingerprint density at radius 1 is 1.17 bits per heavy atom. The van der Waals surface area contributed by atoms with Gasteiger partial charge in [-0.15, -0.1) is 11.3 Å². The van der Waals surface area contributed by atoms with Gasteiger partial charge in [0.15, 0.2) is 0 Å². The van der Waals surface area contributed by atoms with E-state index in [1.165, 1.54) is 11.3 Å². The molecule has 2 aromatic heterocycles. The van der Waals surface area contributed by atoms with Crippen LogP contribution in [0.25, 0.3) is 11.3 Å². The Labute approximate surface area is 137 Å². The Balaban J connectivity index is 1.62. The predicted octanol–water partition coefficient (Wildman–Crippen LogP) is 2.39. The topological polar surface area (TPSA) is 68.1 Å². The quantitative estimate of drug-likeness (QED) is 0.747. The molecule has 2 heterocycles. The van der Waals surface area contributed by atoms with Crippen LogP contribution in [0.2, 0.25) is 0 Å². The number of benzene rings is 1. The van der Waals surface area contributed by atoms with E-state index in [4.69, 9.17) is 4.74 Å². The Bertz CT molecular complexity index is 811. The minimum absolute atomic E-state index is 0.0156. The maximum absolute atomic E-state index is 9.83. The van der Waals surface area contributed by atoms with Gasteiger partial charge in [-0.2, -0.15) is 10.1 Å². The number of hydrogen-bond donors (Lipinski definition) is 1. The SMILES string of the molecule is OC(C#Cc1cccs1)COc1nncc(-c2ccccc2)n1. The number of rotatable bonds is 4. The second-order valence-electron chi connectivity index (χ2n) is 4.56. The molecule has 23 heavy (non-hydrogen) atoms. The number of ether oxygens (including phenoxy) is 1. The van der Waals surface area contributed by atoms with Crippen molar-refractivity contribution >= 4 is 11.3 Å². The summed E-state index contributed by atoms with van der Waals surface area (Å²) in [4.78, 5) is 5.17. The molecule has 0 bridgehead atoms. The molecule has 1 N–H and O–H groups in total. The largest absolute Gasteiger partial charge is 0.459 e. The molecular weight excluding hydrogens is 310 g/mol. The van der Waals surface area contributed by atoms with E-state index in [0.717, 1.165) is 10.4 Å². The summed E-state index contributed by atoms with van der Waals surface area (Å²) in [6.45, 7) is -0.0156. The van der Waals surface area contributed by atoms with Crippen molar-refractivity contribution in [2.75, 3.05) is 6.61 Å². The lowest BCUT2D eigenvalue weighted by molar-refractivity contribution is 0.143. The van der Waals surface area contributed by atoms with Crippen LogP contribution in [0, 0.1) is 11.8 Å². The molecule has 0 spiro atoms. The zero-order chi connectivity index (χ0) is 15.9. The number of thiophene rings is 1. The Morgan fingerprint density at radius 2 is 2.04 bits per heavy atom. The van der Waals surface area contributed by atoms with Crippen molar-refractivity contribution in [1.29, 1.82) is 0 Å². The minimum atomic E-state index is -0.916. The van der Waals surface area contributed by atoms with Crippen LogP contribution in [-0.4, -0.2) is 33.0 Å². The van der Waals surface area contributed by atoms with Crippen molar-refractivity contribution in [3.8, 4) is 29.1 Å². The highest BCUT2D eigenvalue weighted by molar-refractivity contribution is 7.10. The first-order valence-electron chi connectivity index (χ1n) is 6.92. The van der Waals surface area contributed by atoms with Crippen molar-refractivity contribution < 1.29 is 9.84 Å². The highest BCUT2D eigenvalue weighted by Gasteiger charge is 2.06. The lowest BCUT2D eigenvalue weighted by atomic mass is 10.2. The Hall–Kier alpha value is -2.75. The van der Waals surface area contributed by atoms with Crippen LogP contribution in [-0.2, 0) is 0 Å². The van der Waals surface area contributed by atoms with Gasteiger partial charge in [-0.25, -0.2) is 0 Å². The number of aromatic nitrogens is 3. The van der Waals surface area contributed by atoms with Gasteiger partial charge in [0.25, 0.3) is 0 Å². The number of hydrogen-bond acceptors (Lipinski definition) is 6. The molecule has 0 fully saturated rings. The van der Waals surface area contributed by atoms with E-state index in [1.807, 2.05) is 47.8 Å². The van der Waals surface area contributed by atoms with Gasteiger partial charge in [-0.1, -0.05) is 53.3 Å². The van der Waals surface area contributed by atoms with Gasteiger partial charge < -0.3 is 9.84 Å². The molecule has 1 aromatic carbocycles. The van der Waals surface area contributed by atoms with Crippen molar-refractivity contribution in [2.45, 2.75) is 6.10 Å². The molecule has 3 rings (SSSR count). The summed E-state index contributed by atoms with van der Waals surface area (Å²) in [5.74, 6) is 5.60. The fraction of sp³-hybridized carbons (Fsp3) is 0.118. The molecular formula is C17H13N3O2S. The van der Waals surface area contributed by atoms with Gasteiger partial charge in [0.05, 0.1) is 16.8 Å². The van der Waals surface area contributed by atoms with Crippen LogP contribution in [0.1, 0.15) is 4.88 Å². The van der Waals surface area contributed by atoms with Crippen LogP contribution < -0.4 is 4.74 Å². The zero-order valence-electron chi connectivity index (χ0n) is 12.1. The smallest absolute Gasteiger partial charge is 0.336 e. The molecule has 3 aromatic rings. The van der Waals surface area contributed by atoms with Gasteiger partial charge in [-0.3, -0.25) is 0 Å². The van der Waals surface area contributed by atoms with Gasteiger partial charge in [0, 0.05) is 5.56 Å². The van der Waals surface area contributed by atoms with Crippen molar-refractivity contribution in [1.82, 2.24) is 15.2 Å². The zero-order valence-corrected chi connectivity index (χ0v) is 12.9. The Kier molecular flexibility index (Phi) is 4.94. The normalized spacial score (nSPS) is 11.3. The third kappa shape index (κ3) is 4.36. The molecule has 0 aliphatic heterocycles. The third-order valence-corrected chi connectivity index (χ3v) is 3.65. The summed E-state index contributed by atoms with van der Waals surface area (Å²) in [5.41, 5.74) is 1.58. The Morgan fingerprint density at radius 3 is 2.83 bits per heavy atom. The van der Waals surface area contributed by atoms with Crippen LogP contribution in [0.15, 0.2) is 54.0 Å². The van der Waals surface area contributed by atoms with Crippen LogP contribution in [0.3, 0.4) is 0 Å². The van der Waals surface area contributed by atoms with E-state index in [2.05, 4.69) is 27.0 Å². The summed E-state index contributed by atoms with van der Waals surface area (Å²) in [6, 6.07) is 13.5. The average Bonchev–Trinajstić information content (AvgIpc) is 3.13. The van der Waals surface area contributed by atoms with Gasteiger partial charge in [0.2, 0.25) is 0 Å². The first-order chi connectivity index (χ1) is 11.3. The second kappa shape index (κ2) is 7.49. The molecule has 1 atom stereocenters. The third-order valence-electron chi connectivity index (χ3n) is 2.86. The standard InChI is InChI=1S/C17H13N3O2S/c21-14(8-9-15-7-4-10-23-15)12-22-17-19-16(11-18-20-17)13-5-2-1-3-6-13/h1-7,10-11,14,21H,12H2. The van der Waals surface area contributed by atoms with E-state index >= 15 is 0 Å². The summed E-state index contributed by atoms with van der Waals surface area (Å²) in [6.07, 6.45) is 0.649. The first kappa shape index (κ1) is 15.2. The molecule has 114 valence electrons. The maximum Gasteiger partial charge on any atom is 0.336 e. The van der Waals surface area contributed by atoms with Crippen LogP contribution in [0.5, 0.6) is 6.01 Å². The highest BCUT2D eigenvalue weighted by atomic mass is 32.1. The van der Waals surface area contributed by atoms with Crippen LogP contribution >= 0.6 is 11.3 Å². The monoisotopic (exact) mass is 323 g/mol. The van der Waals surface area contributed by atoms with Crippen molar-refractivity contribution in [3.63, 3.8) is 0 Å². The van der Waals surface area contributed by atoms with Gasteiger partial charge in [0.1, 0.15) is 12.7 Å². The molecule has 0 saturated heterocycles. The molecule has 0 amide bonds. The van der Waals surface area contributed by atoms with Crippen LogP contribution in [0.4, 0.5) is 0 Å². The predicted molar refractivity (Wildman–Crippen MR) is 88.0 cm³/mol. The van der Waals surface area contributed by atoms with Gasteiger partial charge in [-0.05, 0) is 11.4 Å². The summed E-state index contributed by atoms with van der Waals surface area (Å²) in [7, 11) is 0. The second-order valence-corrected chi connectivity index (χ2v) is 5.51. The molecule has 0 aliphatic rings. The number of nitrogens with zero attached hydrogens (tertiary/aromatic N) is 3. The van der Waals surface area contributed by atoms with E-state index < -0.39 is 6.10 Å². The molecule has 1 unspecified atom stereocenters. The summed E-state index contributed by atoms with van der Waals surface area (Å²) >= 11 is 1.52. The van der Waals surface area contributed by atoms with E-state index in [1.54, 1.807) is 6.20 Å². The molecule has 0 saturated carbocycles. The average molecular weight is 323 g/mol. The van der Waals surface area contributed by atoms with E-state index in [-0.39, 0.29) is 12.6 Å². The summed E-state index contributed by atoms with van der Waals surface area (Å²) < 4.78 is 5.37. The molecule has 0 aliphatic carbocycles. The fourth-order valence-corrected chi connectivity index (χ4v) is 2.37. The fourth-order valence-electron chi connectivity index (χ4n) is 1.80. The van der Waals surface area contributed by atoms with Crippen molar-refractivity contribution in [3.05, 3.63) is 58.9 Å². The number of aliphatic hydroxyl groups excluding tert-OH is 1. The minimum Gasteiger partial charge on any atom is -0.459 e. The molecule has 0 radical (unpaired) electrons. The maximum atomic E-state index is 9.83.